The maximum absolute atomic E-state index is 11.5. The van der Waals surface area contributed by atoms with E-state index in [0.29, 0.717) is 12.4 Å². The number of anilines is 1. The van der Waals surface area contributed by atoms with E-state index in [4.69, 9.17) is 0 Å². The number of carbonyl (C=O) groups excluding carboxylic acids is 1. The maximum atomic E-state index is 11.5. The zero-order chi connectivity index (χ0) is 8.72. The number of H-pyrrole nitrogens is 1. The van der Waals surface area contributed by atoms with Gasteiger partial charge in [-0.05, 0) is 6.07 Å². The molecule has 0 saturated heterocycles. The molecule has 1 aliphatic heterocycles. The second kappa shape index (κ2) is 2.27. The highest BCUT2D eigenvalue weighted by atomic mass is 16.2. The monoisotopic (exact) mass is 165 g/mol. The molecular formula is C8H11N3O. The third-order valence-electron chi connectivity index (χ3n) is 2.12. The molecule has 2 rings (SSSR count). The second-order valence-electron chi connectivity index (χ2n) is 3.08. The number of hydrogen-bond acceptors (Lipinski definition) is 2. The number of rotatable bonds is 0. The Labute approximate surface area is 70.8 Å². The molecule has 1 aromatic heterocycles. The minimum Gasteiger partial charge on any atom is -0.355 e. The smallest absolute Gasteiger partial charge is 0.273 e. The van der Waals surface area contributed by atoms with Gasteiger partial charge in [-0.15, -0.1) is 0 Å². The molecule has 64 valence electrons. The van der Waals surface area contributed by atoms with Crippen molar-refractivity contribution in [3.63, 3.8) is 0 Å². The summed E-state index contributed by atoms with van der Waals surface area (Å²) in [6.45, 7) is 0.656. The molecule has 4 heteroatoms. The average molecular weight is 165 g/mol. The lowest BCUT2D eigenvalue weighted by molar-refractivity contribution is 0.0780. The van der Waals surface area contributed by atoms with Crippen molar-refractivity contribution in [3.8, 4) is 0 Å². The minimum atomic E-state index is 0.0631. The van der Waals surface area contributed by atoms with Gasteiger partial charge in [0.15, 0.2) is 0 Å². The highest BCUT2D eigenvalue weighted by Crippen LogP contribution is 2.23. The molecule has 0 unspecified atom stereocenters. The van der Waals surface area contributed by atoms with Crippen molar-refractivity contribution in [2.24, 2.45) is 0 Å². The molecule has 1 aromatic rings. The van der Waals surface area contributed by atoms with Crippen LogP contribution >= 0.6 is 0 Å². The van der Waals surface area contributed by atoms with E-state index in [-0.39, 0.29) is 5.91 Å². The van der Waals surface area contributed by atoms with Crippen LogP contribution in [-0.2, 0) is 0 Å². The van der Waals surface area contributed by atoms with E-state index in [2.05, 4.69) is 4.98 Å². The Morgan fingerprint density at radius 3 is 2.92 bits per heavy atom. The lowest BCUT2D eigenvalue weighted by Gasteiger charge is -2.31. The maximum Gasteiger partial charge on any atom is 0.273 e. The van der Waals surface area contributed by atoms with Gasteiger partial charge < -0.3 is 14.8 Å². The molecule has 0 spiro atoms. The Morgan fingerprint density at radius 1 is 1.42 bits per heavy atom. The van der Waals surface area contributed by atoms with Gasteiger partial charge in [-0.1, -0.05) is 0 Å². The summed E-state index contributed by atoms with van der Waals surface area (Å²) in [6.07, 6.45) is 1.79. The predicted octanol–water partition coefficient (Wildman–Crippen LogP) is 0.494. The van der Waals surface area contributed by atoms with Crippen molar-refractivity contribution in [1.29, 1.82) is 0 Å². The van der Waals surface area contributed by atoms with E-state index < -0.39 is 0 Å². The van der Waals surface area contributed by atoms with Gasteiger partial charge in [0.25, 0.3) is 5.91 Å². The SMILES string of the molecule is CN1CN(C)c2cc[nH]c2C1=O. The van der Waals surface area contributed by atoms with Crippen LogP contribution in [0.3, 0.4) is 0 Å². The number of aromatic amines is 1. The Bertz CT molecular complexity index is 318. The van der Waals surface area contributed by atoms with Crippen molar-refractivity contribution >= 4 is 11.6 Å². The Balaban J connectivity index is 2.50. The van der Waals surface area contributed by atoms with Gasteiger partial charge in [-0.3, -0.25) is 4.79 Å². The summed E-state index contributed by atoms with van der Waals surface area (Å²) in [5, 5.41) is 0. The standard InChI is InChI=1S/C8H11N3O/c1-10-5-11(2)8(12)7-6(10)3-4-9-7/h3-4,9H,5H2,1-2H3. The van der Waals surface area contributed by atoms with Crippen molar-refractivity contribution in [1.82, 2.24) is 9.88 Å². The van der Waals surface area contributed by atoms with E-state index in [9.17, 15) is 4.79 Å². The first-order valence-corrected chi connectivity index (χ1v) is 3.84. The molecule has 0 fully saturated rings. The summed E-state index contributed by atoms with van der Waals surface area (Å²) in [4.78, 5) is 18.1. The van der Waals surface area contributed by atoms with Crippen LogP contribution in [0.25, 0.3) is 0 Å². The van der Waals surface area contributed by atoms with Crippen LogP contribution in [0.2, 0.25) is 0 Å². The highest BCUT2D eigenvalue weighted by molar-refractivity contribution is 5.99. The molecule has 0 atom stereocenters. The van der Waals surface area contributed by atoms with Gasteiger partial charge in [0, 0.05) is 20.3 Å². The fourth-order valence-corrected chi connectivity index (χ4v) is 1.50. The predicted molar refractivity (Wildman–Crippen MR) is 46.2 cm³/mol. The van der Waals surface area contributed by atoms with Crippen LogP contribution in [0.4, 0.5) is 5.69 Å². The lowest BCUT2D eigenvalue weighted by Crippen LogP contribution is -2.42. The molecule has 1 aliphatic rings. The summed E-state index contributed by atoms with van der Waals surface area (Å²) in [7, 11) is 3.76. The number of nitrogens with zero attached hydrogens (tertiary/aromatic N) is 2. The molecule has 1 N–H and O–H groups in total. The zero-order valence-electron chi connectivity index (χ0n) is 7.16. The summed E-state index contributed by atoms with van der Waals surface area (Å²) >= 11 is 0. The fourth-order valence-electron chi connectivity index (χ4n) is 1.50. The summed E-state index contributed by atoms with van der Waals surface area (Å²) in [6, 6.07) is 1.92. The average Bonchev–Trinajstić information content (AvgIpc) is 2.48. The molecule has 2 heterocycles. The van der Waals surface area contributed by atoms with Crippen molar-refractivity contribution in [2.45, 2.75) is 0 Å². The van der Waals surface area contributed by atoms with Crippen molar-refractivity contribution in [2.75, 3.05) is 25.7 Å². The van der Waals surface area contributed by atoms with Crippen LogP contribution < -0.4 is 4.90 Å². The van der Waals surface area contributed by atoms with E-state index in [1.54, 1.807) is 18.1 Å². The number of nitrogens with one attached hydrogen (secondary N) is 1. The number of carbonyl (C=O) groups is 1. The van der Waals surface area contributed by atoms with Gasteiger partial charge in [-0.25, -0.2) is 0 Å². The van der Waals surface area contributed by atoms with Crippen LogP contribution in [0.15, 0.2) is 12.3 Å². The third-order valence-corrected chi connectivity index (χ3v) is 2.12. The number of fused-ring (bicyclic) bond motifs is 1. The molecule has 0 bridgehead atoms. The summed E-state index contributed by atoms with van der Waals surface area (Å²) < 4.78 is 0. The number of aromatic nitrogens is 1. The van der Waals surface area contributed by atoms with Crippen molar-refractivity contribution < 1.29 is 4.79 Å². The van der Waals surface area contributed by atoms with Crippen LogP contribution in [0.1, 0.15) is 10.5 Å². The zero-order valence-corrected chi connectivity index (χ0v) is 7.16. The molecule has 1 amide bonds. The summed E-state index contributed by atoms with van der Waals surface area (Å²) in [5.74, 6) is 0.0631. The van der Waals surface area contributed by atoms with Gasteiger partial charge in [0.1, 0.15) is 5.69 Å². The van der Waals surface area contributed by atoms with E-state index in [0.717, 1.165) is 5.69 Å². The first-order chi connectivity index (χ1) is 5.70. The lowest BCUT2D eigenvalue weighted by atomic mass is 10.2. The van der Waals surface area contributed by atoms with Gasteiger partial charge in [0.2, 0.25) is 0 Å². The number of hydrogen-bond donors (Lipinski definition) is 1. The van der Waals surface area contributed by atoms with Gasteiger partial charge >= 0.3 is 0 Å². The van der Waals surface area contributed by atoms with Gasteiger partial charge in [-0.2, -0.15) is 0 Å². The van der Waals surface area contributed by atoms with Gasteiger partial charge in [0.05, 0.1) is 12.4 Å². The third kappa shape index (κ3) is 0.809. The molecule has 12 heavy (non-hydrogen) atoms. The quantitative estimate of drug-likeness (QED) is 0.607. The summed E-state index contributed by atoms with van der Waals surface area (Å²) in [5.41, 5.74) is 1.67. The first kappa shape index (κ1) is 7.21. The Morgan fingerprint density at radius 2 is 2.17 bits per heavy atom. The minimum absolute atomic E-state index is 0.0631. The molecule has 0 aliphatic carbocycles. The normalized spacial score (nSPS) is 16.7. The largest absolute Gasteiger partial charge is 0.355 e. The highest BCUT2D eigenvalue weighted by Gasteiger charge is 2.25. The molecule has 0 radical (unpaired) electrons. The van der Waals surface area contributed by atoms with Crippen LogP contribution in [-0.4, -0.2) is 36.6 Å². The van der Waals surface area contributed by atoms with Crippen molar-refractivity contribution in [3.05, 3.63) is 18.0 Å². The molecule has 0 aromatic carbocycles. The second-order valence-corrected chi connectivity index (χ2v) is 3.08. The molecule has 4 nitrogen and oxygen atoms in total. The van der Waals surface area contributed by atoms with E-state index in [1.807, 2.05) is 18.0 Å². The molecular weight excluding hydrogens is 154 g/mol. The first-order valence-electron chi connectivity index (χ1n) is 3.84. The fraction of sp³-hybridized carbons (Fsp3) is 0.375. The Hall–Kier alpha value is -1.45. The van der Waals surface area contributed by atoms with Crippen LogP contribution in [0, 0.1) is 0 Å². The van der Waals surface area contributed by atoms with E-state index in [1.165, 1.54) is 0 Å². The molecule has 0 saturated carbocycles. The van der Waals surface area contributed by atoms with Crippen LogP contribution in [0.5, 0.6) is 0 Å². The number of amides is 1. The topological polar surface area (TPSA) is 39.3 Å². The van der Waals surface area contributed by atoms with E-state index >= 15 is 0 Å². The Kier molecular flexibility index (Phi) is 1.36.